The molecule has 134 valence electrons. The van der Waals surface area contributed by atoms with E-state index in [9.17, 15) is 0 Å². The molecule has 0 radical (unpaired) electrons. The van der Waals surface area contributed by atoms with Crippen LogP contribution in [0.3, 0.4) is 0 Å². The minimum absolute atomic E-state index is 0.524. The van der Waals surface area contributed by atoms with E-state index < -0.39 is 0 Å². The first kappa shape index (κ1) is 19.0. The summed E-state index contributed by atoms with van der Waals surface area (Å²) in [6.45, 7) is 6.96. The van der Waals surface area contributed by atoms with Crippen LogP contribution in [-0.2, 0) is 0 Å². The van der Waals surface area contributed by atoms with Crippen molar-refractivity contribution in [2.24, 2.45) is 10.9 Å². The highest BCUT2D eigenvalue weighted by Crippen LogP contribution is 2.36. The summed E-state index contributed by atoms with van der Waals surface area (Å²) in [5, 5.41) is 5.80. The molecule has 1 aromatic heterocycles. The van der Waals surface area contributed by atoms with Gasteiger partial charge >= 0.3 is 0 Å². The van der Waals surface area contributed by atoms with Gasteiger partial charge in [0.15, 0.2) is 5.96 Å². The van der Waals surface area contributed by atoms with Crippen LogP contribution in [-0.4, -0.2) is 56.5 Å². The maximum atomic E-state index is 4.45. The maximum Gasteiger partial charge on any atom is 0.193 e. The van der Waals surface area contributed by atoms with Crippen molar-refractivity contribution in [1.29, 1.82) is 0 Å². The molecule has 2 unspecified atom stereocenters. The Kier molecular flexibility index (Phi) is 7.79. The second-order valence-corrected chi connectivity index (χ2v) is 7.60. The van der Waals surface area contributed by atoms with Crippen LogP contribution in [0, 0.1) is 5.92 Å². The van der Waals surface area contributed by atoms with Gasteiger partial charge in [0.1, 0.15) is 0 Å². The first-order chi connectivity index (χ1) is 11.7. The molecule has 0 spiro atoms. The average Bonchev–Trinajstić information content (AvgIpc) is 3.09. The zero-order valence-corrected chi connectivity index (χ0v) is 16.2. The van der Waals surface area contributed by atoms with Crippen molar-refractivity contribution < 1.29 is 0 Å². The third-order valence-electron chi connectivity index (χ3n) is 4.84. The van der Waals surface area contributed by atoms with E-state index in [0.717, 1.165) is 31.9 Å². The molecule has 4 nitrogen and oxygen atoms in total. The second kappa shape index (κ2) is 9.84. The number of aliphatic imine (C=N–C) groups is 1. The van der Waals surface area contributed by atoms with Crippen LogP contribution in [0.15, 0.2) is 35.2 Å². The van der Waals surface area contributed by atoms with Gasteiger partial charge in [-0.25, -0.2) is 0 Å². The summed E-state index contributed by atoms with van der Waals surface area (Å²) in [7, 11) is 6.24. The SMILES string of the molecule is C=CCCCN(C)C(=NC)NCC1CCCN(C)C1c1cccs1. The monoisotopic (exact) mass is 348 g/mol. The van der Waals surface area contributed by atoms with Crippen LogP contribution in [0.5, 0.6) is 0 Å². The summed E-state index contributed by atoms with van der Waals surface area (Å²) in [6, 6.07) is 4.97. The van der Waals surface area contributed by atoms with E-state index in [1.807, 2.05) is 24.5 Å². The van der Waals surface area contributed by atoms with E-state index >= 15 is 0 Å². The topological polar surface area (TPSA) is 30.9 Å². The summed E-state index contributed by atoms with van der Waals surface area (Å²) >= 11 is 1.88. The van der Waals surface area contributed by atoms with Crippen molar-refractivity contribution in [3.05, 3.63) is 35.0 Å². The molecule has 1 aliphatic rings. The van der Waals surface area contributed by atoms with Gasteiger partial charge in [-0.3, -0.25) is 9.89 Å². The Morgan fingerprint density at radius 2 is 2.42 bits per heavy atom. The Hall–Kier alpha value is -1.33. The number of hydrogen-bond acceptors (Lipinski definition) is 3. The number of nitrogens with zero attached hydrogens (tertiary/aromatic N) is 3. The number of piperidine rings is 1. The Morgan fingerprint density at radius 3 is 3.08 bits per heavy atom. The molecule has 2 rings (SSSR count). The number of nitrogens with one attached hydrogen (secondary N) is 1. The number of thiophene rings is 1. The summed E-state index contributed by atoms with van der Waals surface area (Å²) < 4.78 is 0. The molecule has 1 saturated heterocycles. The molecular formula is C19H32N4S. The minimum atomic E-state index is 0.524. The molecule has 0 aliphatic carbocycles. The lowest BCUT2D eigenvalue weighted by atomic mass is 9.88. The van der Waals surface area contributed by atoms with Crippen LogP contribution in [0.2, 0.25) is 0 Å². The van der Waals surface area contributed by atoms with Crippen LogP contribution < -0.4 is 5.32 Å². The lowest BCUT2D eigenvalue weighted by Gasteiger charge is -2.39. The summed E-state index contributed by atoms with van der Waals surface area (Å²) in [5.41, 5.74) is 0. The number of hydrogen-bond donors (Lipinski definition) is 1. The first-order valence-corrected chi connectivity index (χ1v) is 9.81. The van der Waals surface area contributed by atoms with Crippen molar-refractivity contribution in [3.63, 3.8) is 0 Å². The minimum Gasteiger partial charge on any atom is -0.356 e. The second-order valence-electron chi connectivity index (χ2n) is 6.62. The molecule has 0 bridgehead atoms. The molecule has 2 atom stereocenters. The van der Waals surface area contributed by atoms with Crippen molar-refractivity contribution in [1.82, 2.24) is 15.1 Å². The predicted octanol–water partition coefficient (Wildman–Crippen LogP) is 3.60. The molecule has 1 N–H and O–H groups in total. The zero-order chi connectivity index (χ0) is 17.4. The Morgan fingerprint density at radius 1 is 1.58 bits per heavy atom. The lowest BCUT2D eigenvalue weighted by Crippen LogP contribution is -2.45. The molecule has 1 fully saturated rings. The normalized spacial score (nSPS) is 22.4. The summed E-state index contributed by atoms with van der Waals surface area (Å²) in [5.74, 6) is 1.62. The van der Waals surface area contributed by atoms with Crippen LogP contribution in [0.1, 0.15) is 36.6 Å². The van der Waals surface area contributed by atoms with E-state index in [1.165, 1.54) is 24.3 Å². The van der Waals surface area contributed by atoms with E-state index in [2.05, 4.69) is 58.3 Å². The first-order valence-electron chi connectivity index (χ1n) is 8.93. The van der Waals surface area contributed by atoms with Crippen molar-refractivity contribution >= 4 is 17.3 Å². The van der Waals surface area contributed by atoms with Crippen molar-refractivity contribution in [3.8, 4) is 0 Å². The smallest absolute Gasteiger partial charge is 0.193 e. The van der Waals surface area contributed by atoms with Crippen molar-refractivity contribution in [2.45, 2.75) is 31.7 Å². The predicted molar refractivity (Wildman–Crippen MR) is 106 cm³/mol. The molecule has 1 aromatic rings. The van der Waals surface area contributed by atoms with E-state index in [-0.39, 0.29) is 0 Å². The molecule has 1 aliphatic heterocycles. The van der Waals surface area contributed by atoms with E-state index in [4.69, 9.17) is 0 Å². The highest BCUT2D eigenvalue weighted by molar-refractivity contribution is 7.10. The Balaban J connectivity index is 1.93. The number of rotatable bonds is 7. The van der Waals surface area contributed by atoms with E-state index in [1.54, 1.807) is 0 Å². The fourth-order valence-electron chi connectivity index (χ4n) is 3.57. The molecule has 24 heavy (non-hydrogen) atoms. The van der Waals surface area contributed by atoms with Gasteiger partial charge in [0.2, 0.25) is 0 Å². The van der Waals surface area contributed by atoms with Gasteiger partial charge in [-0.2, -0.15) is 0 Å². The fourth-order valence-corrected chi connectivity index (χ4v) is 4.55. The summed E-state index contributed by atoms with van der Waals surface area (Å²) in [4.78, 5) is 10.7. The van der Waals surface area contributed by atoms with Crippen molar-refractivity contribution in [2.75, 3.05) is 40.8 Å². The number of allylic oxidation sites excluding steroid dienone is 1. The van der Waals surface area contributed by atoms with E-state index in [0.29, 0.717) is 12.0 Å². The number of unbranched alkanes of at least 4 members (excludes halogenated alkanes) is 1. The van der Waals surface area contributed by atoms with Gasteiger partial charge in [0.25, 0.3) is 0 Å². The molecule has 5 heteroatoms. The van der Waals surface area contributed by atoms with Crippen LogP contribution in [0.4, 0.5) is 0 Å². The highest BCUT2D eigenvalue weighted by atomic mass is 32.1. The third-order valence-corrected chi connectivity index (χ3v) is 5.78. The Labute approximate surface area is 151 Å². The largest absolute Gasteiger partial charge is 0.356 e. The van der Waals surface area contributed by atoms with Gasteiger partial charge < -0.3 is 10.2 Å². The molecular weight excluding hydrogens is 316 g/mol. The molecule has 0 saturated carbocycles. The van der Waals surface area contributed by atoms with Gasteiger partial charge in [-0.05, 0) is 56.6 Å². The number of likely N-dealkylation sites (tertiary alicyclic amines) is 1. The number of guanidine groups is 1. The standard InChI is InChI=1S/C19H32N4S/c1-5-6-7-12-23(4)19(20-2)21-15-16-10-8-13-22(3)18(16)17-11-9-14-24-17/h5,9,11,14,16,18H,1,6-8,10,12-13,15H2,2-4H3,(H,20,21). The van der Waals surface area contributed by atoms with Gasteiger partial charge in [0.05, 0.1) is 0 Å². The Bertz CT molecular complexity index is 511. The lowest BCUT2D eigenvalue weighted by molar-refractivity contribution is 0.125. The maximum absolute atomic E-state index is 4.45. The average molecular weight is 349 g/mol. The van der Waals surface area contributed by atoms with Gasteiger partial charge in [-0.15, -0.1) is 17.9 Å². The van der Waals surface area contributed by atoms with Crippen LogP contribution in [0.25, 0.3) is 0 Å². The molecule has 2 heterocycles. The highest BCUT2D eigenvalue weighted by Gasteiger charge is 2.31. The summed E-state index contributed by atoms with van der Waals surface area (Å²) in [6.07, 6.45) is 6.70. The third kappa shape index (κ3) is 5.08. The fraction of sp³-hybridized carbons (Fsp3) is 0.632. The zero-order valence-electron chi connectivity index (χ0n) is 15.4. The van der Waals surface area contributed by atoms with Gasteiger partial charge in [-0.1, -0.05) is 12.1 Å². The quantitative estimate of drug-likeness (QED) is 0.353. The van der Waals surface area contributed by atoms with Gasteiger partial charge in [0, 0.05) is 38.1 Å². The molecule has 0 aromatic carbocycles. The molecule has 0 amide bonds. The van der Waals surface area contributed by atoms with Crippen LogP contribution >= 0.6 is 11.3 Å².